The minimum absolute atomic E-state index is 0.169. The van der Waals surface area contributed by atoms with Crippen molar-refractivity contribution in [2.24, 2.45) is 0 Å². The number of carbonyl (C=O) groups is 1. The Kier molecular flexibility index (Phi) is 3.31. The zero-order valence-corrected chi connectivity index (χ0v) is 12.7. The van der Waals surface area contributed by atoms with Crippen molar-refractivity contribution >= 4 is 23.1 Å². The van der Waals surface area contributed by atoms with Crippen LogP contribution >= 0.6 is 11.3 Å². The van der Waals surface area contributed by atoms with Gasteiger partial charge in [-0.25, -0.2) is 9.37 Å². The maximum Gasteiger partial charge on any atom is 0.256 e. The summed E-state index contributed by atoms with van der Waals surface area (Å²) in [6, 6.07) is 13.8. The van der Waals surface area contributed by atoms with Gasteiger partial charge < -0.3 is 10.6 Å². The molecule has 0 bridgehead atoms. The first-order valence-corrected chi connectivity index (χ1v) is 7.91. The first kappa shape index (κ1) is 13.9. The van der Waals surface area contributed by atoms with Crippen molar-refractivity contribution in [3.8, 4) is 10.4 Å². The molecule has 1 aliphatic heterocycles. The molecule has 2 aromatic heterocycles. The minimum Gasteiger partial charge on any atom is -0.345 e. The van der Waals surface area contributed by atoms with Crippen molar-refractivity contribution in [2.45, 2.75) is 6.17 Å². The number of aromatic nitrogens is 1. The fourth-order valence-electron chi connectivity index (χ4n) is 2.54. The third-order valence-corrected chi connectivity index (χ3v) is 4.84. The lowest BCUT2D eigenvalue weighted by Gasteiger charge is -2.25. The number of anilines is 1. The lowest BCUT2D eigenvalue weighted by atomic mass is 10.1. The van der Waals surface area contributed by atoms with Crippen LogP contribution < -0.4 is 10.6 Å². The molecule has 2 N–H and O–H groups in total. The predicted octanol–water partition coefficient (Wildman–Crippen LogP) is 3.80. The molecule has 1 unspecified atom stereocenters. The van der Waals surface area contributed by atoms with E-state index in [-0.39, 0.29) is 17.9 Å². The normalized spacial score (nSPS) is 16.4. The number of nitrogens with one attached hydrogen (secondary N) is 2. The summed E-state index contributed by atoms with van der Waals surface area (Å²) in [5.74, 6) is 0.133. The predicted molar refractivity (Wildman–Crippen MR) is 87.8 cm³/mol. The SMILES string of the molecule is O=C1NC(c2ccc(-c3ccccc3F)s2)Nc2ncccc21. The van der Waals surface area contributed by atoms with Crippen molar-refractivity contribution < 1.29 is 9.18 Å². The highest BCUT2D eigenvalue weighted by atomic mass is 32.1. The van der Waals surface area contributed by atoms with Crippen molar-refractivity contribution in [1.82, 2.24) is 10.3 Å². The molecule has 1 aliphatic rings. The van der Waals surface area contributed by atoms with Crippen LogP contribution in [0.25, 0.3) is 10.4 Å². The van der Waals surface area contributed by atoms with Gasteiger partial charge in [-0.05, 0) is 30.3 Å². The summed E-state index contributed by atoms with van der Waals surface area (Å²) in [5, 5.41) is 6.09. The molecule has 0 aliphatic carbocycles. The van der Waals surface area contributed by atoms with Crippen molar-refractivity contribution in [2.75, 3.05) is 5.32 Å². The zero-order valence-electron chi connectivity index (χ0n) is 11.9. The van der Waals surface area contributed by atoms with Gasteiger partial charge in [-0.2, -0.15) is 0 Å². The summed E-state index contributed by atoms with van der Waals surface area (Å²) < 4.78 is 13.9. The van der Waals surface area contributed by atoms with Gasteiger partial charge in [-0.1, -0.05) is 18.2 Å². The van der Waals surface area contributed by atoms with E-state index in [1.165, 1.54) is 17.4 Å². The largest absolute Gasteiger partial charge is 0.345 e. The highest BCUT2D eigenvalue weighted by Crippen LogP contribution is 2.34. The van der Waals surface area contributed by atoms with Crippen molar-refractivity contribution in [1.29, 1.82) is 0 Å². The summed E-state index contributed by atoms with van der Waals surface area (Å²) >= 11 is 1.44. The molecule has 0 spiro atoms. The Morgan fingerprint density at radius 2 is 1.83 bits per heavy atom. The average molecular weight is 325 g/mol. The molecule has 23 heavy (non-hydrogen) atoms. The molecular weight excluding hydrogens is 313 g/mol. The molecule has 3 aromatic rings. The molecule has 1 aromatic carbocycles. The number of amides is 1. The van der Waals surface area contributed by atoms with E-state index in [0.29, 0.717) is 16.9 Å². The molecule has 1 atom stereocenters. The number of benzene rings is 1. The number of thiophene rings is 1. The average Bonchev–Trinajstić information content (AvgIpc) is 3.05. The smallest absolute Gasteiger partial charge is 0.256 e. The third-order valence-electron chi connectivity index (χ3n) is 3.66. The monoisotopic (exact) mass is 325 g/mol. The van der Waals surface area contributed by atoms with Gasteiger partial charge in [0.15, 0.2) is 0 Å². The summed E-state index contributed by atoms with van der Waals surface area (Å²) in [7, 11) is 0. The Bertz CT molecular complexity index is 893. The summed E-state index contributed by atoms with van der Waals surface area (Å²) in [6.07, 6.45) is 1.27. The number of rotatable bonds is 2. The van der Waals surface area contributed by atoms with Crippen molar-refractivity contribution in [3.63, 3.8) is 0 Å². The summed E-state index contributed by atoms with van der Waals surface area (Å²) in [4.78, 5) is 18.1. The number of pyridine rings is 1. The molecule has 0 fully saturated rings. The Labute approximate surface area is 136 Å². The van der Waals surface area contributed by atoms with Gasteiger partial charge in [0.2, 0.25) is 0 Å². The first-order valence-electron chi connectivity index (χ1n) is 7.09. The maximum absolute atomic E-state index is 13.9. The van der Waals surface area contributed by atoms with E-state index >= 15 is 0 Å². The second-order valence-electron chi connectivity index (χ2n) is 5.13. The Morgan fingerprint density at radius 3 is 2.70 bits per heavy atom. The van der Waals surface area contributed by atoms with Crippen LogP contribution in [-0.4, -0.2) is 10.9 Å². The van der Waals surface area contributed by atoms with Crippen LogP contribution in [0.2, 0.25) is 0 Å². The molecule has 1 amide bonds. The van der Waals surface area contributed by atoms with Gasteiger partial charge in [0.1, 0.15) is 17.8 Å². The summed E-state index contributed by atoms with van der Waals surface area (Å²) in [5.41, 5.74) is 1.08. The van der Waals surface area contributed by atoms with Crippen LogP contribution in [0.1, 0.15) is 21.4 Å². The molecule has 4 nitrogen and oxygen atoms in total. The van der Waals surface area contributed by atoms with Crippen LogP contribution in [0.5, 0.6) is 0 Å². The topological polar surface area (TPSA) is 54.0 Å². The molecular formula is C17H12FN3OS. The molecule has 0 saturated carbocycles. The highest BCUT2D eigenvalue weighted by molar-refractivity contribution is 7.15. The van der Waals surface area contributed by atoms with E-state index in [1.54, 1.807) is 36.5 Å². The van der Waals surface area contributed by atoms with E-state index in [2.05, 4.69) is 15.6 Å². The van der Waals surface area contributed by atoms with Crippen molar-refractivity contribution in [3.05, 3.63) is 71.0 Å². The van der Waals surface area contributed by atoms with E-state index in [1.807, 2.05) is 12.1 Å². The van der Waals surface area contributed by atoms with Crippen LogP contribution in [-0.2, 0) is 0 Å². The third kappa shape index (κ3) is 2.47. The number of halogens is 1. The van der Waals surface area contributed by atoms with Crippen LogP contribution in [0.4, 0.5) is 10.2 Å². The summed E-state index contributed by atoms with van der Waals surface area (Å²) in [6.45, 7) is 0. The maximum atomic E-state index is 13.9. The number of nitrogens with zero attached hydrogens (tertiary/aromatic N) is 1. The highest BCUT2D eigenvalue weighted by Gasteiger charge is 2.26. The van der Waals surface area contributed by atoms with Gasteiger partial charge in [0.25, 0.3) is 5.91 Å². The van der Waals surface area contributed by atoms with E-state index in [9.17, 15) is 9.18 Å². The Balaban J connectivity index is 1.66. The molecule has 4 rings (SSSR count). The van der Waals surface area contributed by atoms with E-state index in [4.69, 9.17) is 0 Å². The minimum atomic E-state index is -0.365. The number of carbonyl (C=O) groups excluding carboxylic acids is 1. The van der Waals surface area contributed by atoms with Crippen LogP contribution in [0.15, 0.2) is 54.7 Å². The lowest BCUT2D eigenvalue weighted by Crippen LogP contribution is -2.38. The quantitative estimate of drug-likeness (QED) is 0.753. The number of hydrogen-bond acceptors (Lipinski definition) is 4. The Hall–Kier alpha value is -2.73. The van der Waals surface area contributed by atoms with Gasteiger partial charge in [-0.3, -0.25) is 4.79 Å². The molecule has 0 radical (unpaired) electrons. The molecule has 3 heterocycles. The molecule has 0 saturated heterocycles. The van der Waals surface area contributed by atoms with Crippen LogP contribution in [0.3, 0.4) is 0 Å². The second kappa shape index (κ2) is 5.48. The van der Waals surface area contributed by atoms with Gasteiger partial charge in [0.05, 0.1) is 5.56 Å². The number of hydrogen-bond donors (Lipinski definition) is 2. The molecule has 6 heteroatoms. The Morgan fingerprint density at radius 1 is 1.00 bits per heavy atom. The van der Waals surface area contributed by atoms with E-state index in [0.717, 1.165) is 9.75 Å². The molecule has 114 valence electrons. The van der Waals surface area contributed by atoms with Gasteiger partial charge in [-0.15, -0.1) is 11.3 Å². The van der Waals surface area contributed by atoms with Gasteiger partial charge in [0, 0.05) is 21.5 Å². The van der Waals surface area contributed by atoms with Crippen LogP contribution in [0, 0.1) is 5.82 Å². The fraction of sp³-hybridized carbons (Fsp3) is 0.0588. The first-order chi connectivity index (χ1) is 11.2. The number of fused-ring (bicyclic) bond motifs is 1. The lowest BCUT2D eigenvalue weighted by molar-refractivity contribution is 0.0935. The standard InChI is InChI=1S/C17H12FN3OS/c18-12-6-2-1-4-10(12)13-7-8-14(23-13)16-20-15-11(17(22)21-16)5-3-9-19-15/h1-9,16H,(H,19,20)(H,21,22). The second-order valence-corrected chi connectivity index (χ2v) is 6.25. The van der Waals surface area contributed by atoms with E-state index < -0.39 is 0 Å². The van der Waals surface area contributed by atoms with Gasteiger partial charge >= 0.3 is 0 Å². The zero-order chi connectivity index (χ0) is 15.8. The fourth-order valence-corrected chi connectivity index (χ4v) is 3.58.